The van der Waals surface area contributed by atoms with Crippen LogP contribution in [0.4, 0.5) is 0 Å². The molecule has 0 radical (unpaired) electrons. The number of halogens is 1. The summed E-state index contributed by atoms with van der Waals surface area (Å²) in [6.07, 6.45) is 0. The quantitative estimate of drug-likeness (QED) is 0.481. The lowest BCUT2D eigenvalue weighted by Crippen LogP contribution is -2.07. The largest absolute Gasteiger partial charge is 0.437 e. The number of carbonyl (C=O) groups is 1. The second-order valence-electron chi connectivity index (χ2n) is 4.78. The first-order valence-corrected chi connectivity index (χ1v) is 9.12. The topological polar surface area (TPSA) is 73.6 Å². The summed E-state index contributed by atoms with van der Waals surface area (Å²) < 4.78 is 36.0. The summed E-state index contributed by atoms with van der Waals surface area (Å²) in [5.41, 5.74) is 0. The molecule has 0 aliphatic rings. The van der Waals surface area contributed by atoms with Crippen LogP contribution in [0.2, 0.25) is 0 Å². The highest BCUT2D eigenvalue weighted by Crippen LogP contribution is 2.24. The molecule has 0 fully saturated rings. The van der Waals surface area contributed by atoms with E-state index in [1.54, 1.807) is 42.5 Å². The first-order valence-electron chi connectivity index (χ1n) is 6.84. The van der Waals surface area contributed by atoms with E-state index in [0.717, 1.165) is 4.47 Å². The summed E-state index contributed by atoms with van der Waals surface area (Å²) in [6, 6.07) is 17.0. The molecule has 0 atom stereocenters. The van der Waals surface area contributed by atoms with Crippen LogP contribution in [0.15, 0.2) is 85.6 Å². The monoisotopic (exact) mass is 406 g/mol. The molecule has 24 heavy (non-hydrogen) atoms. The van der Waals surface area contributed by atoms with E-state index in [2.05, 4.69) is 15.9 Å². The molecule has 0 amide bonds. The van der Waals surface area contributed by atoms with Crippen LogP contribution in [0.5, 0.6) is 5.75 Å². The summed E-state index contributed by atoms with van der Waals surface area (Å²) >= 11 is 3.28. The number of esters is 1. The standard InChI is InChI=1S/C17H11BrO5S/c18-12-6-8-13(9-7-12)22-17(19)15-10-11-16(23-15)24(20,21)14-4-2-1-3-5-14/h1-11H. The fraction of sp³-hybridized carbons (Fsp3) is 0. The third-order valence-electron chi connectivity index (χ3n) is 3.13. The minimum atomic E-state index is -3.81. The van der Waals surface area contributed by atoms with Gasteiger partial charge in [0.05, 0.1) is 4.90 Å². The zero-order valence-electron chi connectivity index (χ0n) is 12.2. The fourth-order valence-corrected chi connectivity index (χ4v) is 3.41. The van der Waals surface area contributed by atoms with Crippen molar-refractivity contribution in [1.82, 2.24) is 0 Å². The molecule has 1 aromatic heterocycles. The predicted molar refractivity (Wildman–Crippen MR) is 89.7 cm³/mol. The highest BCUT2D eigenvalue weighted by atomic mass is 79.9. The smallest absolute Gasteiger partial charge is 0.379 e. The van der Waals surface area contributed by atoms with Crippen LogP contribution in [0.1, 0.15) is 10.6 Å². The summed E-state index contributed by atoms with van der Waals surface area (Å²) in [5.74, 6) is -0.633. The number of benzene rings is 2. The van der Waals surface area contributed by atoms with E-state index in [9.17, 15) is 13.2 Å². The number of sulfone groups is 1. The van der Waals surface area contributed by atoms with Crippen LogP contribution < -0.4 is 4.74 Å². The molecule has 0 bridgehead atoms. The van der Waals surface area contributed by atoms with E-state index in [-0.39, 0.29) is 15.7 Å². The number of carbonyl (C=O) groups excluding carboxylic acids is 1. The second kappa shape index (κ2) is 6.62. The Hall–Kier alpha value is -2.38. The van der Waals surface area contributed by atoms with Gasteiger partial charge in [0.15, 0.2) is 0 Å². The lowest BCUT2D eigenvalue weighted by atomic mass is 10.3. The second-order valence-corrected chi connectivity index (χ2v) is 7.57. The maximum atomic E-state index is 12.4. The lowest BCUT2D eigenvalue weighted by Gasteiger charge is -2.02. The van der Waals surface area contributed by atoms with Crippen molar-refractivity contribution in [3.63, 3.8) is 0 Å². The van der Waals surface area contributed by atoms with Crippen LogP contribution in [-0.2, 0) is 9.84 Å². The van der Waals surface area contributed by atoms with Crippen molar-refractivity contribution in [2.75, 3.05) is 0 Å². The molecular formula is C17H11BrO5S. The Morgan fingerprint density at radius 2 is 1.58 bits per heavy atom. The highest BCUT2D eigenvalue weighted by molar-refractivity contribution is 9.10. The predicted octanol–water partition coefficient (Wildman–Crippen LogP) is 4.09. The Kier molecular flexibility index (Phi) is 4.55. The SMILES string of the molecule is O=C(Oc1ccc(Br)cc1)c1ccc(S(=O)(=O)c2ccccc2)o1. The molecule has 0 aliphatic heterocycles. The number of furan rings is 1. The Labute approximate surface area is 146 Å². The lowest BCUT2D eigenvalue weighted by molar-refractivity contribution is 0.0695. The van der Waals surface area contributed by atoms with E-state index in [1.165, 1.54) is 24.3 Å². The number of hydrogen-bond donors (Lipinski definition) is 0. The van der Waals surface area contributed by atoms with Gasteiger partial charge in [0.2, 0.25) is 20.7 Å². The minimum Gasteiger partial charge on any atom is -0.437 e. The van der Waals surface area contributed by atoms with E-state index in [1.807, 2.05) is 0 Å². The van der Waals surface area contributed by atoms with Crippen molar-refractivity contribution in [3.8, 4) is 5.75 Å². The van der Waals surface area contributed by atoms with Crippen LogP contribution in [-0.4, -0.2) is 14.4 Å². The maximum absolute atomic E-state index is 12.4. The molecule has 1 heterocycles. The molecule has 0 saturated carbocycles. The molecule has 5 nitrogen and oxygen atoms in total. The van der Waals surface area contributed by atoms with E-state index >= 15 is 0 Å². The average Bonchev–Trinajstić information content (AvgIpc) is 3.09. The van der Waals surface area contributed by atoms with Gasteiger partial charge in [0.1, 0.15) is 5.75 Å². The molecule has 0 aliphatic carbocycles. The molecule has 3 aromatic rings. The number of hydrogen-bond acceptors (Lipinski definition) is 5. The Morgan fingerprint density at radius 1 is 0.917 bits per heavy atom. The van der Waals surface area contributed by atoms with Crippen molar-refractivity contribution in [2.45, 2.75) is 9.99 Å². The normalized spacial score (nSPS) is 11.2. The summed E-state index contributed by atoms with van der Waals surface area (Å²) in [4.78, 5) is 12.1. The van der Waals surface area contributed by atoms with Gasteiger partial charge < -0.3 is 9.15 Å². The van der Waals surface area contributed by atoms with Gasteiger partial charge in [-0.05, 0) is 48.5 Å². The average molecular weight is 407 g/mol. The van der Waals surface area contributed by atoms with Crippen molar-refractivity contribution in [3.05, 3.63) is 77.0 Å². The third kappa shape index (κ3) is 3.42. The maximum Gasteiger partial charge on any atom is 0.379 e. The molecular weight excluding hydrogens is 396 g/mol. The van der Waals surface area contributed by atoms with Gasteiger partial charge in [-0.2, -0.15) is 0 Å². The third-order valence-corrected chi connectivity index (χ3v) is 5.30. The van der Waals surface area contributed by atoms with Crippen molar-refractivity contribution < 1.29 is 22.4 Å². The Balaban J connectivity index is 1.82. The molecule has 122 valence electrons. The van der Waals surface area contributed by atoms with Gasteiger partial charge in [-0.25, -0.2) is 13.2 Å². The number of ether oxygens (including phenoxy) is 1. The zero-order valence-corrected chi connectivity index (χ0v) is 14.6. The first-order chi connectivity index (χ1) is 11.5. The number of rotatable bonds is 4. The van der Waals surface area contributed by atoms with Gasteiger partial charge in [-0.3, -0.25) is 0 Å². The summed E-state index contributed by atoms with van der Waals surface area (Å²) in [5, 5.41) is -0.309. The van der Waals surface area contributed by atoms with Crippen molar-refractivity contribution >= 4 is 31.7 Å². The van der Waals surface area contributed by atoms with Crippen LogP contribution in [0.25, 0.3) is 0 Å². The van der Waals surface area contributed by atoms with Gasteiger partial charge >= 0.3 is 5.97 Å². The van der Waals surface area contributed by atoms with Crippen LogP contribution in [0, 0.1) is 0 Å². The van der Waals surface area contributed by atoms with Gasteiger partial charge in [0.25, 0.3) is 0 Å². The van der Waals surface area contributed by atoms with E-state index < -0.39 is 15.8 Å². The summed E-state index contributed by atoms with van der Waals surface area (Å²) in [6.45, 7) is 0. The molecule has 2 aromatic carbocycles. The van der Waals surface area contributed by atoms with Crippen LogP contribution >= 0.6 is 15.9 Å². The molecule has 0 spiro atoms. The van der Waals surface area contributed by atoms with Crippen LogP contribution in [0.3, 0.4) is 0 Å². The van der Waals surface area contributed by atoms with E-state index in [4.69, 9.17) is 9.15 Å². The molecule has 3 rings (SSSR count). The Morgan fingerprint density at radius 3 is 2.25 bits per heavy atom. The highest BCUT2D eigenvalue weighted by Gasteiger charge is 2.24. The molecule has 0 saturated heterocycles. The van der Waals surface area contributed by atoms with Crippen molar-refractivity contribution in [2.24, 2.45) is 0 Å². The van der Waals surface area contributed by atoms with Gasteiger partial charge in [0, 0.05) is 4.47 Å². The van der Waals surface area contributed by atoms with Crippen molar-refractivity contribution in [1.29, 1.82) is 0 Å². The minimum absolute atomic E-state index is 0.0900. The summed E-state index contributed by atoms with van der Waals surface area (Å²) in [7, 11) is -3.81. The van der Waals surface area contributed by atoms with Gasteiger partial charge in [-0.1, -0.05) is 34.1 Å². The molecule has 0 N–H and O–H groups in total. The molecule has 0 unspecified atom stereocenters. The molecule has 7 heteroatoms. The van der Waals surface area contributed by atoms with E-state index in [0.29, 0.717) is 5.75 Å². The fourth-order valence-electron chi connectivity index (χ4n) is 1.95. The first kappa shape index (κ1) is 16.5. The zero-order chi connectivity index (χ0) is 17.2. The Bertz CT molecular complexity index is 960. The van der Waals surface area contributed by atoms with Gasteiger partial charge in [-0.15, -0.1) is 0 Å².